The van der Waals surface area contributed by atoms with Crippen molar-refractivity contribution < 1.29 is 13.2 Å². The van der Waals surface area contributed by atoms with E-state index >= 15 is 0 Å². The Morgan fingerprint density at radius 1 is 0.950 bits per heavy atom. The van der Waals surface area contributed by atoms with Crippen molar-refractivity contribution in [1.29, 1.82) is 0 Å². The maximum atomic E-state index is 12.0. The van der Waals surface area contributed by atoms with Gasteiger partial charge in [0.2, 0.25) is 0 Å². The summed E-state index contributed by atoms with van der Waals surface area (Å²) in [5.74, 6) is 0.340. The molecule has 0 aromatic heterocycles. The Morgan fingerprint density at radius 2 is 1.55 bits per heavy atom. The second-order valence-electron chi connectivity index (χ2n) is 4.09. The van der Waals surface area contributed by atoms with Crippen LogP contribution < -0.4 is 4.74 Å². The number of benzene rings is 2. The Hall–Kier alpha value is -1.23. The van der Waals surface area contributed by atoms with E-state index in [1.54, 1.807) is 48.5 Å². The van der Waals surface area contributed by atoms with Gasteiger partial charge in [-0.25, -0.2) is 8.42 Å². The van der Waals surface area contributed by atoms with Gasteiger partial charge in [0, 0.05) is 10.0 Å². The van der Waals surface area contributed by atoms with E-state index in [-0.39, 0.29) is 17.3 Å². The second-order valence-corrected chi connectivity index (χ2v) is 7.07. The van der Waals surface area contributed by atoms with Gasteiger partial charge < -0.3 is 4.74 Å². The third kappa shape index (κ3) is 4.13. The molecule has 20 heavy (non-hydrogen) atoms. The Bertz CT molecular complexity index is 665. The van der Waals surface area contributed by atoms with E-state index < -0.39 is 9.84 Å². The van der Waals surface area contributed by atoms with Crippen LogP contribution in [0.25, 0.3) is 0 Å². The molecule has 0 saturated heterocycles. The second kappa shape index (κ2) is 6.48. The van der Waals surface area contributed by atoms with Gasteiger partial charge in [0.15, 0.2) is 9.84 Å². The van der Waals surface area contributed by atoms with Crippen molar-refractivity contribution in [3.8, 4) is 5.75 Å². The molecule has 0 aliphatic rings. The molecule has 0 saturated carbocycles. The van der Waals surface area contributed by atoms with Crippen molar-refractivity contribution >= 4 is 33.0 Å². The fourth-order valence-corrected chi connectivity index (χ4v) is 3.24. The highest BCUT2D eigenvalue weighted by atomic mass is 35.5. The molecule has 0 heterocycles. The molecule has 2 aromatic rings. The topological polar surface area (TPSA) is 43.4 Å². The summed E-state index contributed by atoms with van der Waals surface area (Å²) in [6.07, 6.45) is 0. The summed E-state index contributed by atoms with van der Waals surface area (Å²) < 4.78 is 29.4. The largest absolute Gasteiger partial charge is 0.492 e. The summed E-state index contributed by atoms with van der Waals surface area (Å²) in [4.78, 5) is 0.285. The van der Waals surface area contributed by atoms with Gasteiger partial charge in [-0.3, -0.25) is 0 Å². The van der Waals surface area contributed by atoms with Gasteiger partial charge in [-0.05, 0) is 30.3 Å². The highest BCUT2D eigenvalue weighted by molar-refractivity contribution is 7.91. The van der Waals surface area contributed by atoms with Crippen molar-refractivity contribution in [2.75, 3.05) is 12.4 Å². The highest BCUT2D eigenvalue weighted by Crippen LogP contribution is 2.24. The van der Waals surface area contributed by atoms with Crippen LogP contribution in [0.15, 0.2) is 53.4 Å². The van der Waals surface area contributed by atoms with E-state index in [0.717, 1.165) is 0 Å². The minimum atomic E-state index is -3.34. The van der Waals surface area contributed by atoms with E-state index in [2.05, 4.69) is 0 Å². The lowest BCUT2D eigenvalue weighted by Crippen LogP contribution is -2.14. The van der Waals surface area contributed by atoms with Crippen LogP contribution in [-0.4, -0.2) is 20.8 Å². The molecule has 2 aromatic carbocycles. The monoisotopic (exact) mass is 330 g/mol. The number of hydrogen-bond acceptors (Lipinski definition) is 3. The van der Waals surface area contributed by atoms with Crippen molar-refractivity contribution in [1.82, 2.24) is 0 Å². The minimum absolute atomic E-state index is 0.0356. The van der Waals surface area contributed by atoms with Gasteiger partial charge in [-0.1, -0.05) is 41.4 Å². The number of sulfone groups is 1. The Labute approximate surface area is 128 Å². The van der Waals surface area contributed by atoms with Gasteiger partial charge in [0.1, 0.15) is 12.4 Å². The smallest absolute Gasteiger partial charge is 0.181 e. The average Bonchev–Trinajstić information content (AvgIpc) is 2.38. The number of hydrogen-bond donors (Lipinski definition) is 0. The molecule has 0 spiro atoms. The summed E-state index contributed by atoms with van der Waals surface area (Å²) in [5.41, 5.74) is 0. The van der Waals surface area contributed by atoms with Crippen molar-refractivity contribution in [3.63, 3.8) is 0 Å². The Morgan fingerprint density at radius 3 is 2.15 bits per heavy atom. The Kier molecular flexibility index (Phi) is 4.91. The first kappa shape index (κ1) is 15.2. The summed E-state index contributed by atoms with van der Waals surface area (Å²) in [5, 5.41) is 0.886. The van der Waals surface area contributed by atoms with Crippen LogP contribution in [0.1, 0.15) is 0 Å². The lowest BCUT2D eigenvalue weighted by atomic mass is 10.3. The molecule has 0 atom stereocenters. The first-order valence-electron chi connectivity index (χ1n) is 5.84. The summed E-state index contributed by atoms with van der Waals surface area (Å²) in [7, 11) is -3.34. The molecule has 0 aliphatic carbocycles. The van der Waals surface area contributed by atoms with Crippen LogP contribution in [0.5, 0.6) is 5.75 Å². The maximum Gasteiger partial charge on any atom is 0.181 e. The van der Waals surface area contributed by atoms with Gasteiger partial charge in [-0.2, -0.15) is 0 Å². The molecule has 0 radical (unpaired) electrons. The van der Waals surface area contributed by atoms with E-state index in [9.17, 15) is 8.42 Å². The fraction of sp³-hybridized carbons (Fsp3) is 0.143. The lowest BCUT2D eigenvalue weighted by molar-refractivity contribution is 0.341. The molecule has 106 valence electrons. The third-order valence-electron chi connectivity index (χ3n) is 2.56. The zero-order valence-corrected chi connectivity index (χ0v) is 12.8. The maximum absolute atomic E-state index is 12.0. The van der Waals surface area contributed by atoms with Crippen LogP contribution in [0.3, 0.4) is 0 Å². The molecular formula is C14H12Cl2O3S. The minimum Gasteiger partial charge on any atom is -0.492 e. The van der Waals surface area contributed by atoms with Crippen molar-refractivity contribution in [2.45, 2.75) is 4.90 Å². The molecule has 0 bridgehead atoms. The quantitative estimate of drug-likeness (QED) is 0.836. The van der Waals surface area contributed by atoms with Crippen LogP contribution in [0.4, 0.5) is 0 Å². The van der Waals surface area contributed by atoms with Crippen molar-refractivity contribution in [2.24, 2.45) is 0 Å². The van der Waals surface area contributed by atoms with Gasteiger partial charge >= 0.3 is 0 Å². The lowest BCUT2D eigenvalue weighted by Gasteiger charge is -2.08. The van der Waals surface area contributed by atoms with E-state index in [4.69, 9.17) is 27.9 Å². The van der Waals surface area contributed by atoms with E-state index in [0.29, 0.717) is 15.8 Å². The summed E-state index contributed by atoms with van der Waals surface area (Å²) in [6.45, 7) is 0.0356. The third-order valence-corrected chi connectivity index (χ3v) is 4.69. The zero-order chi connectivity index (χ0) is 14.6. The predicted molar refractivity (Wildman–Crippen MR) is 80.5 cm³/mol. The zero-order valence-electron chi connectivity index (χ0n) is 10.4. The van der Waals surface area contributed by atoms with Crippen LogP contribution in [0.2, 0.25) is 10.0 Å². The molecule has 2 rings (SSSR count). The molecule has 0 unspecified atom stereocenters. The average molecular weight is 331 g/mol. The molecule has 3 nitrogen and oxygen atoms in total. The normalized spacial score (nSPS) is 11.3. The van der Waals surface area contributed by atoms with E-state index in [1.165, 1.54) is 0 Å². The van der Waals surface area contributed by atoms with E-state index in [1.807, 2.05) is 0 Å². The summed E-state index contributed by atoms with van der Waals surface area (Å²) in [6, 6.07) is 13.0. The SMILES string of the molecule is O=S(=O)(CCOc1cc(Cl)cc(Cl)c1)c1ccccc1. The van der Waals surface area contributed by atoms with Crippen LogP contribution in [0, 0.1) is 0 Å². The first-order chi connectivity index (χ1) is 9.47. The molecule has 6 heteroatoms. The van der Waals surface area contributed by atoms with Crippen LogP contribution in [-0.2, 0) is 9.84 Å². The van der Waals surface area contributed by atoms with Crippen molar-refractivity contribution in [3.05, 3.63) is 58.6 Å². The standard InChI is InChI=1S/C14H12Cl2O3S/c15-11-8-12(16)10-13(9-11)19-6-7-20(17,18)14-4-2-1-3-5-14/h1-5,8-10H,6-7H2. The molecular weight excluding hydrogens is 319 g/mol. The number of rotatable bonds is 5. The van der Waals surface area contributed by atoms with Gasteiger partial charge in [0.25, 0.3) is 0 Å². The Balaban J connectivity index is 1.99. The predicted octanol–water partition coefficient (Wildman–Crippen LogP) is 3.85. The molecule has 0 N–H and O–H groups in total. The number of ether oxygens (including phenoxy) is 1. The fourth-order valence-electron chi connectivity index (χ4n) is 1.63. The first-order valence-corrected chi connectivity index (χ1v) is 8.25. The highest BCUT2D eigenvalue weighted by Gasteiger charge is 2.13. The summed E-state index contributed by atoms with van der Waals surface area (Å²) >= 11 is 11.7. The molecule has 0 amide bonds. The number of halogens is 2. The molecule has 0 aliphatic heterocycles. The van der Waals surface area contributed by atoms with Gasteiger partial charge in [0.05, 0.1) is 10.6 Å². The molecule has 0 fully saturated rings. The van der Waals surface area contributed by atoms with Gasteiger partial charge in [-0.15, -0.1) is 0 Å². The van der Waals surface area contributed by atoms with Crippen LogP contribution >= 0.6 is 23.2 Å².